The number of hydrogen-bond donors (Lipinski definition) is 2. The van der Waals surface area contributed by atoms with Crippen molar-refractivity contribution in [2.24, 2.45) is 0 Å². The van der Waals surface area contributed by atoms with Gasteiger partial charge in [-0.2, -0.15) is 0 Å². The number of nitrogen functional groups attached to an aromatic ring is 1. The Hall–Kier alpha value is -2.47. The second kappa shape index (κ2) is 6.53. The Labute approximate surface area is 133 Å². The molecule has 0 saturated carbocycles. The number of nitrogens with two attached hydrogens (primary N) is 1. The van der Waals surface area contributed by atoms with Crippen molar-refractivity contribution < 1.29 is 0 Å². The summed E-state index contributed by atoms with van der Waals surface area (Å²) in [4.78, 5) is 13.8. The minimum absolute atomic E-state index is 0.704. The topological polar surface area (TPSA) is 76.7 Å². The maximum Gasteiger partial charge on any atom is 0.188 e. The fraction of sp³-hybridized carbons (Fsp3) is 0.188. The normalized spacial score (nSPS) is 10.6. The molecule has 0 aliphatic rings. The van der Waals surface area contributed by atoms with Crippen molar-refractivity contribution >= 4 is 28.0 Å². The summed E-state index contributed by atoms with van der Waals surface area (Å²) in [5.74, 6) is 0.704. The van der Waals surface area contributed by atoms with Gasteiger partial charge in [-0.25, -0.2) is 9.97 Å². The van der Waals surface area contributed by atoms with Gasteiger partial charge in [-0.1, -0.05) is 6.07 Å². The molecule has 0 bridgehead atoms. The quantitative estimate of drug-likeness (QED) is 0.707. The molecule has 22 heavy (non-hydrogen) atoms. The number of rotatable bonds is 5. The van der Waals surface area contributed by atoms with Gasteiger partial charge < -0.3 is 11.1 Å². The molecule has 3 aromatic rings. The van der Waals surface area contributed by atoms with E-state index in [4.69, 9.17) is 5.73 Å². The number of hydrogen-bond acceptors (Lipinski definition) is 6. The van der Waals surface area contributed by atoms with Crippen molar-refractivity contribution in [3.8, 4) is 0 Å². The largest absolute Gasteiger partial charge is 0.399 e. The molecule has 2 heterocycles. The summed E-state index contributed by atoms with van der Waals surface area (Å²) in [6.07, 6.45) is 8.79. The molecule has 2 aromatic heterocycles. The first-order valence-electron chi connectivity index (χ1n) is 7.03. The van der Waals surface area contributed by atoms with E-state index < -0.39 is 0 Å². The Morgan fingerprint density at radius 1 is 1.14 bits per heavy atom. The van der Waals surface area contributed by atoms with Gasteiger partial charge in [-0.15, -0.1) is 11.3 Å². The minimum atomic E-state index is 0.704. The maximum atomic E-state index is 5.85. The van der Waals surface area contributed by atoms with Gasteiger partial charge in [0.2, 0.25) is 0 Å². The van der Waals surface area contributed by atoms with E-state index in [1.165, 1.54) is 16.0 Å². The lowest BCUT2D eigenvalue weighted by Crippen LogP contribution is -1.95. The van der Waals surface area contributed by atoms with Crippen molar-refractivity contribution in [2.45, 2.75) is 19.8 Å². The summed E-state index contributed by atoms with van der Waals surface area (Å²) in [6, 6.07) is 6.06. The van der Waals surface area contributed by atoms with Gasteiger partial charge in [0.1, 0.15) is 0 Å². The number of nitrogens with zero attached hydrogens (tertiary/aromatic N) is 3. The first kappa shape index (κ1) is 14.5. The lowest BCUT2D eigenvalue weighted by atomic mass is 10.0. The van der Waals surface area contributed by atoms with E-state index in [1.54, 1.807) is 29.9 Å². The predicted molar refractivity (Wildman–Crippen MR) is 90.4 cm³/mol. The summed E-state index contributed by atoms with van der Waals surface area (Å²) >= 11 is 1.64. The molecule has 3 N–H and O–H groups in total. The van der Waals surface area contributed by atoms with Crippen LogP contribution in [0.3, 0.4) is 0 Å². The average molecular weight is 311 g/mol. The zero-order valence-electron chi connectivity index (χ0n) is 12.3. The Morgan fingerprint density at radius 2 is 2.05 bits per heavy atom. The van der Waals surface area contributed by atoms with Gasteiger partial charge >= 0.3 is 0 Å². The predicted octanol–water partition coefficient (Wildman–Crippen LogP) is 3.35. The molecule has 5 nitrogen and oxygen atoms in total. The van der Waals surface area contributed by atoms with Crippen LogP contribution in [0.25, 0.3) is 0 Å². The van der Waals surface area contributed by atoms with Gasteiger partial charge in [-0.3, -0.25) is 4.98 Å². The number of aromatic nitrogens is 3. The number of benzene rings is 1. The van der Waals surface area contributed by atoms with Crippen LogP contribution in [-0.4, -0.2) is 15.0 Å². The van der Waals surface area contributed by atoms with Crippen LogP contribution >= 0.6 is 11.3 Å². The molecule has 3 rings (SSSR count). The minimum Gasteiger partial charge on any atom is -0.399 e. The zero-order chi connectivity index (χ0) is 15.4. The monoisotopic (exact) mass is 311 g/mol. The van der Waals surface area contributed by atoms with Crippen molar-refractivity contribution in [1.82, 2.24) is 15.0 Å². The highest BCUT2D eigenvalue weighted by Gasteiger charge is 2.05. The average Bonchev–Trinajstić information content (AvgIpc) is 2.97. The van der Waals surface area contributed by atoms with Crippen LogP contribution in [0.2, 0.25) is 0 Å². The zero-order valence-corrected chi connectivity index (χ0v) is 13.1. The van der Waals surface area contributed by atoms with Crippen LogP contribution in [0.1, 0.15) is 16.0 Å². The fourth-order valence-electron chi connectivity index (χ4n) is 2.17. The van der Waals surface area contributed by atoms with E-state index in [-0.39, 0.29) is 0 Å². The standard InChI is InChI=1S/C16H17N5S/c1-11-2-4-13(17)8-12(11)3-5-14-9-20-16(22-14)21-15-10-18-6-7-19-15/h2,4,6-10H,3,5,17H2,1H3,(H,19,20,21). The van der Waals surface area contributed by atoms with Crippen LogP contribution in [0, 0.1) is 6.92 Å². The molecule has 0 fully saturated rings. The van der Waals surface area contributed by atoms with E-state index in [2.05, 4.69) is 39.3 Å². The van der Waals surface area contributed by atoms with E-state index >= 15 is 0 Å². The van der Waals surface area contributed by atoms with Crippen LogP contribution in [0.15, 0.2) is 43.0 Å². The Balaban J connectivity index is 1.63. The molecule has 0 aliphatic carbocycles. The molecule has 112 valence electrons. The van der Waals surface area contributed by atoms with Crippen LogP contribution < -0.4 is 11.1 Å². The van der Waals surface area contributed by atoms with E-state index in [1.807, 2.05) is 12.3 Å². The van der Waals surface area contributed by atoms with Gasteiger partial charge in [-0.05, 0) is 43.0 Å². The van der Waals surface area contributed by atoms with Gasteiger partial charge in [0.25, 0.3) is 0 Å². The summed E-state index contributed by atoms with van der Waals surface area (Å²) in [6.45, 7) is 2.11. The van der Waals surface area contributed by atoms with Crippen LogP contribution in [-0.2, 0) is 12.8 Å². The highest BCUT2D eigenvalue weighted by molar-refractivity contribution is 7.15. The third kappa shape index (κ3) is 3.59. The number of nitrogens with one attached hydrogen (secondary N) is 1. The van der Waals surface area contributed by atoms with Crippen molar-refractivity contribution in [3.05, 3.63) is 59.0 Å². The lowest BCUT2D eigenvalue weighted by molar-refractivity contribution is 0.965. The van der Waals surface area contributed by atoms with E-state index in [0.717, 1.165) is 23.7 Å². The first-order valence-corrected chi connectivity index (χ1v) is 7.85. The third-order valence-electron chi connectivity index (χ3n) is 3.37. The van der Waals surface area contributed by atoms with Crippen LogP contribution in [0.4, 0.5) is 16.6 Å². The van der Waals surface area contributed by atoms with Gasteiger partial charge in [0.05, 0.1) is 6.20 Å². The molecule has 0 atom stereocenters. The Kier molecular flexibility index (Phi) is 4.29. The molecule has 1 aromatic carbocycles. The van der Waals surface area contributed by atoms with E-state index in [0.29, 0.717) is 5.82 Å². The van der Waals surface area contributed by atoms with Crippen molar-refractivity contribution in [1.29, 1.82) is 0 Å². The molecule has 0 spiro atoms. The highest BCUT2D eigenvalue weighted by Crippen LogP contribution is 2.23. The molecular formula is C16H17N5S. The molecule has 0 saturated heterocycles. The highest BCUT2D eigenvalue weighted by atomic mass is 32.1. The fourth-order valence-corrected chi connectivity index (χ4v) is 2.99. The smallest absolute Gasteiger partial charge is 0.188 e. The number of anilines is 3. The third-order valence-corrected chi connectivity index (χ3v) is 4.34. The molecule has 0 amide bonds. The molecule has 0 unspecified atom stereocenters. The number of thiazole rings is 1. The summed E-state index contributed by atoms with van der Waals surface area (Å²) in [5, 5.41) is 3.99. The van der Waals surface area contributed by atoms with E-state index in [9.17, 15) is 0 Å². The molecule has 0 radical (unpaired) electrons. The number of aryl methyl sites for hydroxylation is 3. The maximum absolute atomic E-state index is 5.85. The molecule has 6 heteroatoms. The summed E-state index contributed by atoms with van der Waals surface area (Å²) in [5.41, 5.74) is 9.23. The van der Waals surface area contributed by atoms with Crippen molar-refractivity contribution in [2.75, 3.05) is 11.1 Å². The van der Waals surface area contributed by atoms with Crippen molar-refractivity contribution in [3.63, 3.8) is 0 Å². The lowest BCUT2D eigenvalue weighted by Gasteiger charge is -2.05. The summed E-state index contributed by atoms with van der Waals surface area (Å²) < 4.78 is 0. The Bertz CT molecular complexity index is 754. The van der Waals surface area contributed by atoms with Gasteiger partial charge in [0.15, 0.2) is 10.9 Å². The molecular weight excluding hydrogens is 294 g/mol. The second-order valence-electron chi connectivity index (χ2n) is 5.03. The van der Waals surface area contributed by atoms with Gasteiger partial charge in [0, 0.05) is 29.2 Å². The molecule has 0 aliphatic heterocycles. The summed E-state index contributed by atoms with van der Waals surface area (Å²) in [7, 11) is 0. The SMILES string of the molecule is Cc1ccc(N)cc1CCc1cnc(Nc2cnccn2)s1. The first-order chi connectivity index (χ1) is 10.7. The second-order valence-corrected chi connectivity index (χ2v) is 6.15. The van der Waals surface area contributed by atoms with Crippen LogP contribution in [0.5, 0.6) is 0 Å². The Morgan fingerprint density at radius 3 is 2.86 bits per heavy atom.